The molecule has 0 amide bonds. The lowest BCUT2D eigenvalue weighted by molar-refractivity contribution is -0.138. The Hall–Kier alpha value is -1.75. The predicted molar refractivity (Wildman–Crippen MR) is 63.6 cm³/mol. The summed E-state index contributed by atoms with van der Waals surface area (Å²) in [4.78, 5) is 10.7. The molecule has 0 saturated carbocycles. The Morgan fingerprint density at radius 1 is 1.41 bits per heavy atom. The van der Waals surface area contributed by atoms with Crippen molar-refractivity contribution in [2.45, 2.75) is 19.4 Å². The molecule has 0 spiro atoms. The Balaban J connectivity index is 3.11. The van der Waals surface area contributed by atoms with Crippen molar-refractivity contribution in [2.75, 3.05) is 14.2 Å². The number of aryl methyl sites for hydroxylation is 1. The Bertz CT molecular complexity index is 417. The maximum Gasteiger partial charge on any atom is 0.320 e. The maximum absolute atomic E-state index is 10.7. The van der Waals surface area contributed by atoms with E-state index in [1.807, 2.05) is 13.0 Å². The molecule has 17 heavy (non-hydrogen) atoms. The van der Waals surface area contributed by atoms with Gasteiger partial charge in [-0.15, -0.1) is 0 Å². The molecule has 5 nitrogen and oxygen atoms in total. The third-order valence-electron chi connectivity index (χ3n) is 2.52. The third kappa shape index (κ3) is 3.10. The van der Waals surface area contributed by atoms with E-state index in [9.17, 15) is 4.79 Å². The summed E-state index contributed by atoms with van der Waals surface area (Å²) in [5.74, 6) is 0.283. The van der Waals surface area contributed by atoms with Crippen molar-refractivity contribution >= 4 is 5.97 Å². The summed E-state index contributed by atoms with van der Waals surface area (Å²) in [5, 5.41) is 8.81. The van der Waals surface area contributed by atoms with Crippen molar-refractivity contribution in [3.8, 4) is 11.5 Å². The maximum atomic E-state index is 10.7. The van der Waals surface area contributed by atoms with Crippen molar-refractivity contribution in [1.82, 2.24) is 0 Å². The highest BCUT2D eigenvalue weighted by molar-refractivity contribution is 5.73. The standard InChI is InChI=1S/C12H17NO4/c1-7-4-9(16-2)5-8(11(7)17-3)6-10(13)12(14)15/h4-5,10H,6,13H2,1-3H3,(H,14,15). The summed E-state index contributed by atoms with van der Waals surface area (Å²) >= 11 is 0. The van der Waals surface area contributed by atoms with E-state index in [1.54, 1.807) is 20.3 Å². The molecule has 1 aromatic rings. The first kappa shape index (κ1) is 13.3. The van der Waals surface area contributed by atoms with Crippen LogP contribution in [0, 0.1) is 6.92 Å². The largest absolute Gasteiger partial charge is 0.497 e. The van der Waals surface area contributed by atoms with E-state index in [0.29, 0.717) is 11.5 Å². The van der Waals surface area contributed by atoms with Gasteiger partial charge in [-0.3, -0.25) is 4.79 Å². The summed E-state index contributed by atoms with van der Waals surface area (Å²) in [6.07, 6.45) is 0.205. The predicted octanol–water partition coefficient (Wildman–Crippen LogP) is 0.967. The van der Waals surface area contributed by atoms with Crippen LogP contribution in [-0.2, 0) is 11.2 Å². The van der Waals surface area contributed by atoms with Gasteiger partial charge in [0.25, 0.3) is 0 Å². The van der Waals surface area contributed by atoms with Crippen LogP contribution < -0.4 is 15.2 Å². The van der Waals surface area contributed by atoms with E-state index >= 15 is 0 Å². The molecular formula is C12H17NO4. The Morgan fingerprint density at radius 2 is 2.06 bits per heavy atom. The number of aliphatic carboxylic acids is 1. The van der Waals surface area contributed by atoms with E-state index in [4.69, 9.17) is 20.3 Å². The molecule has 1 atom stereocenters. The third-order valence-corrected chi connectivity index (χ3v) is 2.52. The van der Waals surface area contributed by atoms with Gasteiger partial charge in [0.1, 0.15) is 17.5 Å². The molecule has 3 N–H and O–H groups in total. The van der Waals surface area contributed by atoms with Crippen LogP contribution in [0.4, 0.5) is 0 Å². The highest BCUT2D eigenvalue weighted by atomic mass is 16.5. The van der Waals surface area contributed by atoms with Crippen LogP contribution in [0.25, 0.3) is 0 Å². The highest BCUT2D eigenvalue weighted by Gasteiger charge is 2.17. The second-order valence-corrected chi connectivity index (χ2v) is 3.79. The Labute approximate surface area is 100 Å². The Morgan fingerprint density at radius 3 is 2.53 bits per heavy atom. The summed E-state index contributed by atoms with van der Waals surface area (Å²) in [6.45, 7) is 1.87. The van der Waals surface area contributed by atoms with E-state index in [0.717, 1.165) is 11.1 Å². The number of carboxylic acids is 1. The van der Waals surface area contributed by atoms with Gasteiger partial charge in [-0.25, -0.2) is 0 Å². The van der Waals surface area contributed by atoms with Crippen LogP contribution >= 0.6 is 0 Å². The first-order valence-electron chi connectivity index (χ1n) is 5.19. The average Bonchev–Trinajstić information content (AvgIpc) is 2.28. The number of ether oxygens (including phenoxy) is 2. The summed E-state index contributed by atoms with van der Waals surface area (Å²) in [7, 11) is 3.10. The van der Waals surface area contributed by atoms with Crippen LogP contribution in [0.2, 0.25) is 0 Å². The molecule has 1 unspecified atom stereocenters. The molecular weight excluding hydrogens is 222 g/mol. The molecule has 0 aliphatic carbocycles. The lowest BCUT2D eigenvalue weighted by Crippen LogP contribution is -2.32. The van der Waals surface area contributed by atoms with Crippen LogP contribution in [-0.4, -0.2) is 31.3 Å². The van der Waals surface area contributed by atoms with Gasteiger partial charge < -0.3 is 20.3 Å². The summed E-state index contributed by atoms with van der Waals surface area (Å²) < 4.78 is 10.4. The van der Waals surface area contributed by atoms with Crippen molar-refractivity contribution < 1.29 is 19.4 Å². The van der Waals surface area contributed by atoms with Gasteiger partial charge in [0.2, 0.25) is 0 Å². The van der Waals surface area contributed by atoms with E-state index in [2.05, 4.69) is 0 Å². The lowest BCUT2D eigenvalue weighted by Gasteiger charge is -2.15. The van der Waals surface area contributed by atoms with Crippen LogP contribution in [0.3, 0.4) is 0 Å². The topological polar surface area (TPSA) is 81.8 Å². The second-order valence-electron chi connectivity index (χ2n) is 3.79. The fraction of sp³-hybridized carbons (Fsp3) is 0.417. The number of rotatable bonds is 5. The van der Waals surface area contributed by atoms with E-state index in [-0.39, 0.29) is 6.42 Å². The second kappa shape index (κ2) is 5.54. The molecule has 0 heterocycles. The fourth-order valence-electron chi connectivity index (χ4n) is 1.70. The minimum atomic E-state index is -1.03. The van der Waals surface area contributed by atoms with Crippen molar-refractivity contribution in [2.24, 2.45) is 5.73 Å². The number of hydrogen-bond acceptors (Lipinski definition) is 4. The highest BCUT2D eigenvalue weighted by Crippen LogP contribution is 2.29. The number of carbonyl (C=O) groups is 1. The Kier molecular flexibility index (Phi) is 4.34. The number of nitrogens with two attached hydrogens (primary N) is 1. The fourth-order valence-corrected chi connectivity index (χ4v) is 1.70. The van der Waals surface area contributed by atoms with Crippen LogP contribution in [0.5, 0.6) is 11.5 Å². The lowest BCUT2D eigenvalue weighted by atomic mass is 10.0. The van der Waals surface area contributed by atoms with Gasteiger partial charge in [0.05, 0.1) is 14.2 Å². The van der Waals surface area contributed by atoms with E-state index < -0.39 is 12.0 Å². The minimum absolute atomic E-state index is 0.205. The SMILES string of the molecule is COc1cc(C)c(OC)c(CC(N)C(=O)O)c1. The number of methoxy groups -OCH3 is 2. The zero-order chi connectivity index (χ0) is 13.0. The van der Waals surface area contributed by atoms with E-state index in [1.165, 1.54) is 0 Å². The molecule has 5 heteroatoms. The number of hydrogen-bond donors (Lipinski definition) is 2. The summed E-state index contributed by atoms with van der Waals surface area (Å²) in [6, 6.07) is 2.62. The first-order chi connectivity index (χ1) is 7.99. The molecule has 0 aliphatic heterocycles. The zero-order valence-corrected chi connectivity index (χ0v) is 10.2. The smallest absolute Gasteiger partial charge is 0.320 e. The van der Waals surface area contributed by atoms with Crippen LogP contribution in [0.1, 0.15) is 11.1 Å². The molecule has 1 aromatic carbocycles. The van der Waals surface area contributed by atoms with Gasteiger partial charge in [-0.05, 0) is 24.6 Å². The molecule has 0 bridgehead atoms. The van der Waals surface area contributed by atoms with Gasteiger partial charge in [0.15, 0.2) is 0 Å². The van der Waals surface area contributed by atoms with Crippen molar-refractivity contribution in [3.05, 3.63) is 23.3 Å². The molecule has 1 rings (SSSR count). The zero-order valence-electron chi connectivity index (χ0n) is 10.2. The molecule has 0 radical (unpaired) electrons. The molecule has 94 valence electrons. The first-order valence-corrected chi connectivity index (χ1v) is 5.19. The normalized spacial score (nSPS) is 12.0. The molecule has 0 aliphatic rings. The molecule has 0 fully saturated rings. The monoisotopic (exact) mass is 239 g/mol. The summed E-state index contributed by atoms with van der Waals surface area (Å²) in [5.41, 5.74) is 7.14. The van der Waals surface area contributed by atoms with Gasteiger partial charge in [0, 0.05) is 12.0 Å². The average molecular weight is 239 g/mol. The minimum Gasteiger partial charge on any atom is -0.497 e. The van der Waals surface area contributed by atoms with Crippen LogP contribution in [0.15, 0.2) is 12.1 Å². The molecule has 0 aromatic heterocycles. The van der Waals surface area contributed by atoms with Crippen molar-refractivity contribution in [3.63, 3.8) is 0 Å². The van der Waals surface area contributed by atoms with Gasteiger partial charge >= 0.3 is 5.97 Å². The van der Waals surface area contributed by atoms with Crippen molar-refractivity contribution in [1.29, 1.82) is 0 Å². The van der Waals surface area contributed by atoms with Gasteiger partial charge in [-0.2, -0.15) is 0 Å². The number of benzene rings is 1. The quantitative estimate of drug-likeness (QED) is 0.800. The number of carboxylic acid groups (broad SMARTS) is 1. The van der Waals surface area contributed by atoms with Gasteiger partial charge in [-0.1, -0.05) is 0 Å². The molecule has 0 saturated heterocycles.